The fourth-order valence-corrected chi connectivity index (χ4v) is 2.64. The SMILES string of the molecule is CCC1CCCN(CCOc2cccc(C#N)c2)C1. The number of hydrogen-bond donors (Lipinski definition) is 0. The smallest absolute Gasteiger partial charge is 0.120 e. The Morgan fingerprint density at radius 1 is 1.47 bits per heavy atom. The number of rotatable bonds is 5. The maximum Gasteiger partial charge on any atom is 0.120 e. The first kappa shape index (κ1) is 13.9. The highest BCUT2D eigenvalue weighted by atomic mass is 16.5. The number of nitrogens with zero attached hydrogens (tertiary/aromatic N) is 2. The third-order valence-electron chi connectivity index (χ3n) is 3.82. The molecule has 19 heavy (non-hydrogen) atoms. The molecule has 0 amide bonds. The zero-order valence-corrected chi connectivity index (χ0v) is 11.6. The zero-order valence-electron chi connectivity index (χ0n) is 11.6. The molecule has 0 bridgehead atoms. The second kappa shape index (κ2) is 7.16. The maximum absolute atomic E-state index is 8.83. The first-order valence-electron chi connectivity index (χ1n) is 7.17. The van der Waals surface area contributed by atoms with Crippen LogP contribution in [0.3, 0.4) is 0 Å². The molecule has 0 spiro atoms. The monoisotopic (exact) mass is 258 g/mol. The minimum absolute atomic E-state index is 0.654. The molecular weight excluding hydrogens is 236 g/mol. The Bertz CT molecular complexity index is 439. The van der Waals surface area contributed by atoms with Gasteiger partial charge in [-0.3, -0.25) is 4.90 Å². The van der Waals surface area contributed by atoms with E-state index >= 15 is 0 Å². The lowest BCUT2D eigenvalue weighted by atomic mass is 9.96. The van der Waals surface area contributed by atoms with Crippen LogP contribution in [0.1, 0.15) is 31.7 Å². The van der Waals surface area contributed by atoms with Gasteiger partial charge in [-0.15, -0.1) is 0 Å². The Kier molecular flexibility index (Phi) is 5.23. The summed E-state index contributed by atoms with van der Waals surface area (Å²) < 4.78 is 5.73. The topological polar surface area (TPSA) is 36.3 Å². The number of piperidine rings is 1. The van der Waals surface area contributed by atoms with E-state index in [0.29, 0.717) is 12.2 Å². The molecule has 0 aromatic heterocycles. The van der Waals surface area contributed by atoms with Crippen LogP contribution in [-0.2, 0) is 0 Å². The molecule has 3 heteroatoms. The minimum Gasteiger partial charge on any atom is -0.492 e. The molecule has 1 atom stereocenters. The summed E-state index contributed by atoms with van der Waals surface area (Å²) in [6.07, 6.45) is 3.96. The molecular formula is C16H22N2O. The second-order valence-corrected chi connectivity index (χ2v) is 5.21. The molecule has 1 aromatic carbocycles. The molecule has 1 saturated heterocycles. The van der Waals surface area contributed by atoms with Crippen molar-refractivity contribution in [3.05, 3.63) is 29.8 Å². The van der Waals surface area contributed by atoms with Gasteiger partial charge in [0.05, 0.1) is 11.6 Å². The van der Waals surface area contributed by atoms with Crippen molar-refractivity contribution in [3.63, 3.8) is 0 Å². The van der Waals surface area contributed by atoms with Crippen molar-refractivity contribution in [2.45, 2.75) is 26.2 Å². The Morgan fingerprint density at radius 3 is 3.16 bits per heavy atom. The van der Waals surface area contributed by atoms with Crippen LogP contribution in [-0.4, -0.2) is 31.1 Å². The van der Waals surface area contributed by atoms with Gasteiger partial charge in [-0.2, -0.15) is 5.26 Å². The first-order valence-corrected chi connectivity index (χ1v) is 7.17. The van der Waals surface area contributed by atoms with Crippen LogP contribution >= 0.6 is 0 Å². The second-order valence-electron chi connectivity index (χ2n) is 5.21. The molecule has 0 N–H and O–H groups in total. The summed E-state index contributed by atoms with van der Waals surface area (Å²) in [7, 11) is 0. The summed E-state index contributed by atoms with van der Waals surface area (Å²) in [6.45, 7) is 6.35. The summed E-state index contributed by atoms with van der Waals surface area (Å²) in [5, 5.41) is 8.83. The average Bonchev–Trinajstić information content (AvgIpc) is 2.48. The molecule has 0 saturated carbocycles. The third kappa shape index (κ3) is 4.25. The van der Waals surface area contributed by atoms with Crippen LogP contribution in [0.15, 0.2) is 24.3 Å². The van der Waals surface area contributed by atoms with Crippen LogP contribution in [0.4, 0.5) is 0 Å². The molecule has 0 radical (unpaired) electrons. The number of hydrogen-bond acceptors (Lipinski definition) is 3. The van der Waals surface area contributed by atoms with E-state index in [1.165, 1.54) is 32.4 Å². The fourth-order valence-electron chi connectivity index (χ4n) is 2.64. The Balaban J connectivity index is 1.75. The van der Waals surface area contributed by atoms with Crippen molar-refractivity contribution < 1.29 is 4.74 Å². The Labute approximate surface area is 115 Å². The van der Waals surface area contributed by atoms with Crippen molar-refractivity contribution in [2.24, 2.45) is 5.92 Å². The molecule has 1 aliphatic rings. The lowest BCUT2D eigenvalue weighted by Gasteiger charge is -2.32. The van der Waals surface area contributed by atoms with Crippen molar-refractivity contribution in [1.82, 2.24) is 4.90 Å². The van der Waals surface area contributed by atoms with E-state index in [4.69, 9.17) is 10.00 Å². The molecule has 1 fully saturated rings. The van der Waals surface area contributed by atoms with Gasteiger partial charge >= 0.3 is 0 Å². The van der Waals surface area contributed by atoms with Gasteiger partial charge in [0.1, 0.15) is 12.4 Å². The van der Waals surface area contributed by atoms with Gasteiger partial charge in [0.15, 0.2) is 0 Å². The highest BCUT2D eigenvalue weighted by Crippen LogP contribution is 2.19. The molecule has 102 valence electrons. The predicted octanol–water partition coefficient (Wildman–Crippen LogP) is 3.06. The normalized spacial score (nSPS) is 19.9. The van der Waals surface area contributed by atoms with Gasteiger partial charge in [0.2, 0.25) is 0 Å². The van der Waals surface area contributed by atoms with E-state index in [1.807, 2.05) is 12.1 Å². The molecule has 1 heterocycles. The van der Waals surface area contributed by atoms with Gasteiger partial charge < -0.3 is 4.74 Å². The molecule has 2 rings (SSSR count). The summed E-state index contributed by atoms with van der Waals surface area (Å²) >= 11 is 0. The molecule has 1 unspecified atom stereocenters. The standard InChI is InChI=1S/C16H22N2O/c1-2-14-6-4-8-18(13-14)9-10-19-16-7-3-5-15(11-16)12-17/h3,5,7,11,14H,2,4,6,8-10,13H2,1H3. The van der Waals surface area contributed by atoms with Crippen LogP contribution in [0.25, 0.3) is 0 Å². The van der Waals surface area contributed by atoms with Crippen molar-refractivity contribution in [3.8, 4) is 11.8 Å². The quantitative estimate of drug-likeness (QED) is 0.814. The summed E-state index contributed by atoms with van der Waals surface area (Å²) in [4.78, 5) is 2.49. The van der Waals surface area contributed by atoms with E-state index in [1.54, 1.807) is 12.1 Å². The van der Waals surface area contributed by atoms with Crippen LogP contribution in [0, 0.1) is 17.2 Å². The third-order valence-corrected chi connectivity index (χ3v) is 3.82. The van der Waals surface area contributed by atoms with Gasteiger partial charge in [-0.25, -0.2) is 0 Å². The summed E-state index contributed by atoms with van der Waals surface area (Å²) in [5.74, 6) is 1.65. The van der Waals surface area contributed by atoms with Crippen molar-refractivity contribution >= 4 is 0 Å². The summed E-state index contributed by atoms with van der Waals surface area (Å²) in [5.41, 5.74) is 0.654. The lowest BCUT2D eigenvalue weighted by Crippen LogP contribution is -2.37. The maximum atomic E-state index is 8.83. The lowest BCUT2D eigenvalue weighted by molar-refractivity contribution is 0.145. The predicted molar refractivity (Wildman–Crippen MR) is 76.1 cm³/mol. The van der Waals surface area contributed by atoms with E-state index in [9.17, 15) is 0 Å². The highest BCUT2D eigenvalue weighted by molar-refractivity contribution is 5.36. The van der Waals surface area contributed by atoms with Crippen molar-refractivity contribution in [1.29, 1.82) is 5.26 Å². The Morgan fingerprint density at radius 2 is 2.37 bits per heavy atom. The van der Waals surface area contributed by atoms with E-state index in [0.717, 1.165) is 18.2 Å². The first-order chi connectivity index (χ1) is 9.31. The average molecular weight is 258 g/mol. The van der Waals surface area contributed by atoms with E-state index in [2.05, 4.69) is 17.9 Å². The van der Waals surface area contributed by atoms with Crippen molar-refractivity contribution in [2.75, 3.05) is 26.2 Å². The zero-order chi connectivity index (χ0) is 13.5. The molecule has 1 aromatic rings. The number of ether oxygens (including phenoxy) is 1. The fraction of sp³-hybridized carbons (Fsp3) is 0.562. The number of nitriles is 1. The summed E-state index contributed by atoms with van der Waals surface area (Å²) in [6, 6.07) is 9.49. The number of likely N-dealkylation sites (tertiary alicyclic amines) is 1. The largest absolute Gasteiger partial charge is 0.492 e. The van der Waals surface area contributed by atoms with Gasteiger partial charge in [0.25, 0.3) is 0 Å². The Hall–Kier alpha value is -1.53. The van der Waals surface area contributed by atoms with Crippen LogP contribution in [0.2, 0.25) is 0 Å². The number of benzene rings is 1. The van der Waals surface area contributed by atoms with E-state index in [-0.39, 0.29) is 0 Å². The molecule has 1 aliphatic heterocycles. The van der Waals surface area contributed by atoms with Gasteiger partial charge in [-0.05, 0) is 43.5 Å². The highest BCUT2D eigenvalue weighted by Gasteiger charge is 2.17. The molecule has 0 aliphatic carbocycles. The van der Waals surface area contributed by atoms with Crippen LogP contribution in [0.5, 0.6) is 5.75 Å². The van der Waals surface area contributed by atoms with Gasteiger partial charge in [-0.1, -0.05) is 19.4 Å². The van der Waals surface area contributed by atoms with E-state index < -0.39 is 0 Å². The van der Waals surface area contributed by atoms with Gasteiger partial charge in [0, 0.05) is 13.1 Å². The molecule has 3 nitrogen and oxygen atoms in total. The van der Waals surface area contributed by atoms with Crippen LogP contribution < -0.4 is 4.74 Å². The minimum atomic E-state index is 0.654.